The number of para-hydroxylation sites is 1. The predicted molar refractivity (Wildman–Crippen MR) is 93.4 cm³/mol. The molecule has 1 aromatic heterocycles. The summed E-state index contributed by atoms with van der Waals surface area (Å²) in [6.07, 6.45) is 1.56. The van der Waals surface area contributed by atoms with Crippen LogP contribution in [0, 0.1) is 6.92 Å². The maximum atomic E-state index is 12.7. The number of hydrogen-bond acceptors (Lipinski definition) is 4. The van der Waals surface area contributed by atoms with Gasteiger partial charge in [0.25, 0.3) is 10.0 Å². The average Bonchev–Trinajstić information content (AvgIpc) is 2.93. The summed E-state index contributed by atoms with van der Waals surface area (Å²) >= 11 is 5.90. The van der Waals surface area contributed by atoms with Gasteiger partial charge >= 0.3 is 0 Å². The van der Waals surface area contributed by atoms with E-state index in [0.717, 1.165) is 0 Å². The SMILES string of the molecule is Cc1cc(Cl)ccc1S(=O)(=O)Nc1ccccc1-c1nncn1C. The molecule has 24 heavy (non-hydrogen) atoms. The van der Waals surface area contributed by atoms with Gasteiger partial charge in [-0.05, 0) is 42.8 Å². The number of sulfonamides is 1. The summed E-state index contributed by atoms with van der Waals surface area (Å²) in [5.41, 5.74) is 1.65. The number of benzene rings is 2. The van der Waals surface area contributed by atoms with E-state index in [0.29, 0.717) is 27.7 Å². The summed E-state index contributed by atoms with van der Waals surface area (Å²) in [5, 5.41) is 8.37. The molecule has 6 nitrogen and oxygen atoms in total. The first-order chi connectivity index (χ1) is 11.4. The Morgan fingerprint density at radius 2 is 1.92 bits per heavy atom. The highest BCUT2D eigenvalue weighted by atomic mass is 35.5. The molecule has 1 heterocycles. The molecule has 0 fully saturated rings. The normalized spacial score (nSPS) is 11.5. The summed E-state index contributed by atoms with van der Waals surface area (Å²) in [5.74, 6) is 0.570. The van der Waals surface area contributed by atoms with Crippen LogP contribution in [-0.4, -0.2) is 23.2 Å². The van der Waals surface area contributed by atoms with Crippen LogP contribution in [-0.2, 0) is 17.1 Å². The van der Waals surface area contributed by atoms with Crippen molar-refractivity contribution >= 4 is 27.3 Å². The number of nitrogens with one attached hydrogen (secondary N) is 1. The first kappa shape index (κ1) is 16.5. The van der Waals surface area contributed by atoms with Crippen molar-refractivity contribution in [2.24, 2.45) is 7.05 Å². The van der Waals surface area contributed by atoms with Gasteiger partial charge in [0.1, 0.15) is 6.33 Å². The zero-order chi connectivity index (χ0) is 17.3. The third-order valence-electron chi connectivity index (χ3n) is 3.55. The zero-order valence-corrected chi connectivity index (χ0v) is 14.6. The fourth-order valence-electron chi connectivity index (χ4n) is 2.41. The smallest absolute Gasteiger partial charge is 0.262 e. The van der Waals surface area contributed by atoms with Gasteiger partial charge in [0.15, 0.2) is 5.82 Å². The molecule has 0 spiro atoms. The topological polar surface area (TPSA) is 76.9 Å². The molecule has 3 aromatic rings. The maximum Gasteiger partial charge on any atom is 0.262 e. The monoisotopic (exact) mass is 362 g/mol. The van der Waals surface area contributed by atoms with Crippen LogP contribution in [0.2, 0.25) is 5.02 Å². The van der Waals surface area contributed by atoms with Crippen LogP contribution in [0.4, 0.5) is 5.69 Å². The molecule has 0 unspecified atom stereocenters. The highest BCUT2D eigenvalue weighted by Gasteiger charge is 2.20. The molecular formula is C16H15ClN4O2S. The molecule has 1 N–H and O–H groups in total. The fraction of sp³-hybridized carbons (Fsp3) is 0.125. The van der Waals surface area contributed by atoms with Crippen molar-refractivity contribution in [3.8, 4) is 11.4 Å². The average molecular weight is 363 g/mol. The van der Waals surface area contributed by atoms with Crippen molar-refractivity contribution in [1.82, 2.24) is 14.8 Å². The summed E-state index contributed by atoms with van der Waals surface area (Å²) in [6, 6.07) is 11.7. The Morgan fingerprint density at radius 3 is 2.58 bits per heavy atom. The first-order valence-corrected chi connectivity index (χ1v) is 8.97. The van der Waals surface area contributed by atoms with E-state index in [1.165, 1.54) is 6.07 Å². The van der Waals surface area contributed by atoms with Gasteiger partial charge < -0.3 is 4.57 Å². The molecule has 0 amide bonds. The number of hydrogen-bond donors (Lipinski definition) is 1. The van der Waals surface area contributed by atoms with E-state index < -0.39 is 10.0 Å². The van der Waals surface area contributed by atoms with Crippen LogP contribution in [0.25, 0.3) is 11.4 Å². The minimum Gasteiger partial charge on any atom is -0.317 e. The van der Waals surface area contributed by atoms with Crippen LogP contribution < -0.4 is 4.72 Å². The van der Waals surface area contributed by atoms with Crippen molar-refractivity contribution in [1.29, 1.82) is 0 Å². The number of halogens is 1. The summed E-state index contributed by atoms with van der Waals surface area (Å²) in [7, 11) is -1.96. The van der Waals surface area contributed by atoms with Gasteiger partial charge in [0.05, 0.1) is 10.6 Å². The van der Waals surface area contributed by atoms with Crippen LogP contribution in [0.15, 0.2) is 53.7 Å². The molecule has 0 aliphatic heterocycles. The van der Waals surface area contributed by atoms with Gasteiger partial charge in [-0.3, -0.25) is 4.72 Å². The first-order valence-electron chi connectivity index (χ1n) is 7.11. The van der Waals surface area contributed by atoms with Crippen LogP contribution >= 0.6 is 11.6 Å². The third-order valence-corrected chi connectivity index (χ3v) is 5.31. The van der Waals surface area contributed by atoms with Gasteiger partial charge in [-0.25, -0.2) is 8.42 Å². The van der Waals surface area contributed by atoms with Crippen molar-refractivity contribution in [3.05, 3.63) is 59.4 Å². The van der Waals surface area contributed by atoms with E-state index in [2.05, 4.69) is 14.9 Å². The Bertz CT molecular complexity index is 999. The lowest BCUT2D eigenvalue weighted by Gasteiger charge is -2.13. The molecule has 0 bridgehead atoms. The molecular weight excluding hydrogens is 348 g/mol. The van der Waals surface area contributed by atoms with Crippen molar-refractivity contribution < 1.29 is 8.42 Å². The van der Waals surface area contributed by atoms with Crippen LogP contribution in [0.5, 0.6) is 0 Å². The van der Waals surface area contributed by atoms with Crippen molar-refractivity contribution in [2.75, 3.05) is 4.72 Å². The number of nitrogens with zero attached hydrogens (tertiary/aromatic N) is 3. The molecule has 2 aromatic carbocycles. The quantitative estimate of drug-likeness (QED) is 0.772. The standard InChI is InChI=1S/C16H15ClN4O2S/c1-11-9-12(17)7-8-15(11)24(22,23)20-14-6-4-3-5-13(14)16-19-18-10-21(16)2/h3-10,20H,1-2H3. The van der Waals surface area contributed by atoms with E-state index in [9.17, 15) is 8.42 Å². The van der Waals surface area contributed by atoms with Gasteiger partial charge in [-0.1, -0.05) is 23.7 Å². The van der Waals surface area contributed by atoms with Crippen molar-refractivity contribution in [2.45, 2.75) is 11.8 Å². The molecule has 0 saturated carbocycles. The minimum absolute atomic E-state index is 0.180. The highest BCUT2D eigenvalue weighted by Crippen LogP contribution is 2.29. The molecule has 8 heteroatoms. The Labute approximate surface area is 145 Å². The fourth-order valence-corrected chi connectivity index (χ4v) is 3.94. The molecule has 124 valence electrons. The number of aryl methyl sites for hydroxylation is 2. The van der Waals surface area contributed by atoms with E-state index in [-0.39, 0.29) is 4.90 Å². The molecule has 0 saturated heterocycles. The summed E-state index contributed by atoms with van der Waals surface area (Å²) in [6.45, 7) is 1.70. The van der Waals surface area contributed by atoms with Crippen LogP contribution in [0.1, 0.15) is 5.56 Å². The number of anilines is 1. The van der Waals surface area contributed by atoms with Crippen LogP contribution in [0.3, 0.4) is 0 Å². The Balaban J connectivity index is 2.04. The highest BCUT2D eigenvalue weighted by molar-refractivity contribution is 7.92. The Morgan fingerprint density at radius 1 is 1.17 bits per heavy atom. The van der Waals surface area contributed by atoms with E-state index in [4.69, 9.17) is 11.6 Å². The summed E-state index contributed by atoms with van der Waals surface area (Å²) < 4.78 is 29.8. The lowest BCUT2D eigenvalue weighted by molar-refractivity contribution is 0.600. The lowest BCUT2D eigenvalue weighted by atomic mass is 10.2. The van der Waals surface area contributed by atoms with Gasteiger partial charge in [-0.15, -0.1) is 10.2 Å². The van der Waals surface area contributed by atoms with Gasteiger partial charge in [-0.2, -0.15) is 0 Å². The van der Waals surface area contributed by atoms with E-state index >= 15 is 0 Å². The lowest BCUT2D eigenvalue weighted by Crippen LogP contribution is -2.15. The summed E-state index contributed by atoms with van der Waals surface area (Å²) in [4.78, 5) is 0.180. The minimum atomic E-state index is -3.75. The molecule has 0 aliphatic rings. The molecule has 3 rings (SSSR count). The second-order valence-corrected chi connectivity index (χ2v) is 7.41. The largest absolute Gasteiger partial charge is 0.317 e. The second-order valence-electron chi connectivity index (χ2n) is 5.33. The van der Waals surface area contributed by atoms with Gasteiger partial charge in [0, 0.05) is 17.6 Å². The number of aromatic nitrogens is 3. The number of rotatable bonds is 4. The predicted octanol–water partition coefficient (Wildman–Crippen LogP) is 3.24. The second kappa shape index (κ2) is 6.26. The molecule has 0 radical (unpaired) electrons. The van der Waals surface area contributed by atoms with Gasteiger partial charge in [0.2, 0.25) is 0 Å². The molecule has 0 aliphatic carbocycles. The Hall–Kier alpha value is -2.38. The zero-order valence-electron chi connectivity index (χ0n) is 13.1. The Kier molecular flexibility index (Phi) is 4.29. The van der Waals surface area contributed by atoms with E-state index in [1.807, 2.05) is 6.07 Å². The van der Waals surface area contributed by atoms with E-state index in [1.54, 1.807) is 55.2 Å². The van der Waals surface area contributed by atoms with Crippen molar-refractivity contribution in [3.63, 3.8) is 0 Å². The maximum absolute atomic E-state index is 12.7. The molecule has 0 atom stereocenters. The third kappa shape index (κ3) is 3.13.